The molecule has 8 heteroatoms. The van der Waals surface area contributed by atoms with Crippen molar-refractivity contribution in [3.8, 4) is 0 Å². The SMILES string of the molecule is O=c1cc2c(nn1CCN1CCCCC1CNc1ncnc3cc(F)ccc13)CCC2. The second-order valence-electron chi connectivity index (χ2n) is 8.48. The van der Waals surface area contributed by atoms with E-state index in [1.54, 1.807) is 16.8 Å². The fourth-order valence-corrected chi connectivity index (χ4v) is 4.79. The number of fused-ring (bicyclic) bond motifs is 2. The summed E-state index contributed by atoms with van der Waals surface area (Å²) in [5.74, 6) is 0.429. The zero-order chi connectivity index (χ0) is 21.2. The Kier molecular flexibility index (Phi) is 5.63. The molecule has 1 N–H and O–H groups in total. The molecule has 1 saturated heterocycles. The van der Waals surface area contributed by atoms with Gasteiger partial charge in [0.1, 0.15) is 18.0 Å². The van der Waals surface area contributed by atoms with Crippen molar-refractivity contribution in [2.24, 2.45) is 0 Å². The number of benzene rings is 1. The standard InChI is InChI=1S/C23H27FN6O/c24-17-7-8-19-21(13-17)26-15-27-23(19)25-14-18-5-1-2-9-29(18)10-11-30-22(31)12-16-4-3-6-20(16)28-30/h7-8,12-13,15,18H,1-6,9-11,14H2,(H,25,26,27). The quantitative estimate of drug-likeness (QED) is 0.658. The van der Waals surface area contributed by atoms with Gasteiger partial charge in [0.15, 0.2) is 0 Å². The van der Waals surface area contributed by atoms with Gasteiger partial charge in [0, 0.05) is 36.7 Å². The molecule has 0 saturated carbocycles. The van der Waals surface area contributed by atoms with Crippen LogP contribution in [0.5, 0.6) is 0 Å². The first kappa shape index (κ1) is 20.1. The van der Waals surface area contributed by atoms with Crippen LogP contribution in [0.1, 0.15) is 36.9 Å². The summed E-state index contributed by atoms with van der Waals surface area (Å²) in [7, 11) is 0. The highest BCUT2D eigenvalue weighted by atomic mass is 19.1. The first-order valence-electron chi connectivity index (χ1n) is 11.2. The Balaban J connectivity index is 1.26. The fourth-order valence-electron chi connectivity index (χ4n) is 4.79. The van der Waals surface area contributed by atoms with Gasteiger partial charge in [-0.25, -0.2) is 19.0 Å². The maximum absolute atomic E-state index is 13.5. The van der Waals surface area contributed by atoms with E-state index in [-0.39, 0.29) is 11.4 Å². The van der Waals surface area contributed by atoms with Crippen molar-refractivity contribution < 1.29 is 4.39 Å². The Labute approximate surface area is 180 Å². The van der Waals surface area contributed by atoms with Gasteiger partial charge in [-0.2, -0.15) is 5.10 Å². The third-order valence-electron chi connectivity index (χ3n) is 6.48. The molecule has 7 nitrogen and oxygen atoms in total. The summed E-state index contributed by atoms with van der Waals surface area (Å²) in [5, 5.41) is 8.88. The minimum atomic E-state index is -0.300. The molecule has 0 spiro atoms. The molecule has 1 unspecified atom stereocenters. The van der Waals surface area contributed by atoms with E-state index in [9.17, 15) is 9.18 Å². The first-order valence-corrected chi connectivity index (χ1v) is 11.2. The maximum atomic E-state index is 13.5. The number of likely N-dealkylation sites (tertiary alicyclic amines) is 1. The van der Waals surface area contributed by atoms with Crippen LogP contribution < -0.4 is 10.9 Å². The third-order valence-corrected chi connectivity index (χ3v) is 6.48. The first-order chi connectivity index (χ1) is 15.2. The van der Waals surface area contributed by atoms with Gasteiger partial charge in [-0.15, -0.1) is 0 Å². The Morgan fingerprint density at radius 2 is 2.03 bits per heavy atom. The Morgan fingerprint density at radius 1 is 1.10 bits per heavy atom. The van der Waals surface area contributed by atoms with Crippen LogP contribution in [0, 0.1) is 5.82 Å². The summed E-state index contributed by atoms with van der Waals surface area (Å²) in [5.41, 5.74) is 2.81. The van der Waals surface area contributed by atoms with Gasteiger partial charge in [-0.1, -0.05) is 6.42 Å². The van der Waals surface area contributed by atoms with Crippen LogP contribution in [0.3, 0.4) is 0 Å². The molecule has 5 rings (SSSR count). The molecule has 1 atom stereocenters. The molecule has 1 aliphatic carbocycles. The second kappa shape index (κ2) is 8.70. The molecule has 1 fully saturated rings. The summed E-state index contributed by atoms with van der Waals surface area (Å²) in [6.07, 6.45) is 7.96. The fraction of sp³-hybridized carbons (Fsp3) is 0.478. The van der Waals surface area contributed by atoms with E-state index < -0.39 is 0 Å². The van der Waals surface area contributed by atoms with E-state index in [0.29, 0.717) is 18.1 Å². The largest absolute Gasteiger partial charge is 0.368 e. The predicted molar refractivity (Wildman–Crippen MR) is 118 cm³/mol. The molecular weight excluding hydrogens is 395 g/mol. The predicted octanol–water partition coefficient (Wildman–Crippen LogP) is 2.78. The molecule has 3 aromatic rings. The Hall–Kier alpha value is -2.87. The van der Waals surface area contributed by atoms with Crippen LogP contribution in [0.15, 0.2) is 35.4 Å². The van der Waals surface area contributed by atoms with Crippen molar-refractivity contribution >= 4 is 16.7 Å². The minimum absolute atomic E-state index is 0.00650. The van der Waals surface area contributed by atoms with Crippen molar-refractivity contribution in [1.82, 2.24) is 24.6 Å². The molecule has 2 aliphatic rings. The van der Waals surface area contributed by atoms with Crippen LogP contribution in [0.2, 0.25) is 0 Å². The van der Waals surface area contributed by atoms with E-state index in [1.807, 2.05) is 0 Å². The van der Waals surface area contributed by atoms with Crippen molar-refractivity contribution in [3.05, 3.63) is 58.0 Å². The smallest absolute Gasteiger partial charge is 0.267 e. The van der Waals surface area contributed by atoms with Crippen molar-refractivity contribution in [2.45, 2.75) is 51.1 Å². The van der Waals surface area contributed by atoms with Crippen molar-refractivity contribution in [1.29, 1.82) is 0 Å². The average molecular weight is 423 g/mol. The second-order valence-corrected chi connectivity index (χ2v) is 8.48. The maximum Gasteiger partial charge on any atom is 0.267 e. The van der Waals surface area contributed by atoms with Crippen LogP contribution in [-0.4, -0.2) is 50.3 Å². The molecule has 1 aromatic carbocycles. The van der Waals surface area contributed by atoms with E-state index in [1.165, 1.54) is 31.3 Å². The number of nitrogens with zero attached hydrogens (tertiary/aromatic N) is 5. The number of rotatable bonds is 6. The average Bonchev–Trinajstić information content (AvgIpc) is 3.23. The van der Waals surface area contributed by atoms with Crippen LogP contribution in [-0.2, 0) is 19.4 Å². The minimum Gasteiger partial charge on any atom is -0.368 e. The van der Waals surface area contributed by atoms with Gasteiger partial charge in [0.05, 0.1) is 17.8 Å². The normalized spacial score (nSPS) is 18.9. The molecule has 31 heavy (non-hydrogen) atoms. The summed E-state index contributed by atoms with van der Waals surface area (Å²) in [4.78, 5) is 23.4. The number of hydrogen-bond donors (Lipinski definition) is 1. The van der Waals surface area contributed by atoms with E-state index >= 15 is 0 Å². The Morgan fingerprint density at radius 3 is 2.97 bits per heavy atom. The van der Waals surface area contributed by atoms with Gasteiger partial charge in [-0.3, -0.25) is 9.69 Å². The lowest BCUT2D eigenvalue weighted by Crippen LogP contribution is -2.45. The number of halogens is 1. The molecular formula is C23H27FN6O. The van der Waals surface area contributed by atoms with Crippen LogP contribution in [0.4, 0.5) is 10.2 Å². The summed E-state index contributed by atoms with van der Waals surface area (Å²) in [6.45, 7) is 3.17. The van der Waals surface area contributed by atoms with Crippen molar-refractivity contribution in [3.63, 3.8) is 0 Å². The van der Waals surface area contributed by atoms with E-state index in [4.69, 9.17) is 0 Å². The lowest BCUT2D eigenvalue weighted by Gasteiger charge is -2.36. The number of nitrogens with one attached hydrogen (secondary N) is 1. The van der Waals surface area contributed by atoms with Crippen LogP contribution >= 0.6 is 0 Å². The van der Waals surface area contributed by atoms with Gasteiger partial charge in [0.25, 0.3) is 5.56 Å². The molecule has 162 valence electrons. The van der Waals surface area contributed by atoms with Crippen LogP contribution in [0.25, 0.3) is 10.9 Å². The lowest BCUT2D eigenvalue weighted by molar-refractivity contribution is 0.148. The molecule has 1 aliphatic heterocycles. The highest BCUT2D eigenvalue weighted by molar-refractivity contribution is 5.88. The van der Waals surface area contributed by atoms with Gasteiger partial charge in [-0.05, 0) is 56.3 Å². The monoisotopic (exact) mass is 422 g/mol. The molecule has 2 aromatic heterocycles. The van der Waals surface area contributed by atoms with Gasteiger partial charge < -0.3 is 5.32 Å². The highest BCUT2D eigenvalue weighted by Crippen LogP contribution is 2.22. The summed E-state index contributed by atoms with van der Waals surface area (Å²) >= 11 is 0. The van der Waals surface area contributed by atoms with E-state index in [0.717, 1.165) is 67.8 Å². The number of aryl methyl sites for hydroxylation is 2. The number of aromatic nitrogens is 4. The molecule has 0 amide bonds. The van der Waals surface area contributed by atoms with Crippen molar-refractivity contribution in [2.75, 3.05) is 25.0 Å². The number of piperidine rings is 1. The third kappa shape index (κ3) is 4.30. The number of hydrogen-bond acceptors (Lipinski definition) is 6. The molecule has 3 heterocycles. The topological polar surface area (TPSA) is 75.9 Å². The zero-order valence-corrected chi connectivity index (χ0v) is 17.6. The Bertz CT molecular complexity index is 1150. The molecule has 0 bridgehead atoms. The number of anilines is 1. The highest BCUT2D eigenvalue weighted by Gasteiger charge is 2.23. The van der Waals surface area contributed by atoms with Gasteiger partial charge in [0.2, 0.25) is 0 Å². The zero-order valence-electron chi connectivity index (χ0n) is 17.6. The summed E-state index contributed by atoms with van der Waals surface area (Å²) < 4.78 is 15.1. The van der Waals surface area contributed by atoms with Gasteiger partial charge >= 0.3 is 0 Å². The summed E-state index contributed by atoms with van der Waals surface area (Å²) in [6, 6.07) is 6.71. The molecule has 0 radical (unpaired) electrons. The van der Waals surface area contributed by atoms with E-state index in [2.05, 4.69) is 25.3 Å². The lowest BCUT2D eigenvalue weighted by atomic mass is 10.0.